The fourth-order valence-corrected chi connectivity index (χ4v) is 7.30. The minimum atomic E-state index is -0.772. The van der Waals surface area contributed by atoms with Crippen molar-refractivity contribution in [2.24, 2.45) is 7.05 Å². The molecular formula is C42H38ClF2N11O4. The van der Waals surface area contributed by atoms with Gasteiger partial charge in [-0.2, -0.15) is 0 Å². The number of nitrogen functional groups attached to an aromatic ring is 2. The van der Waals surface area contributed by atoms with Crippen LogP contribution in [0.2, 0.25) is 5.15 Å². The molecule has 0 atom stereocenters. The van der Waals surface area contributed by atoms with E-state index in [0.29, 0.717) is 59.8 Å². The van der Waals surface area contributed by atoms with Crippen LogP contribution in [0, 0.1) is 11.6 Å². The second kappa shape index (κ2) is 15.6. The average molecular weight is 834 g/mol. The van der Waals surface area contributed by atoms with Crippen molar-refractivity contribution in [1.29, 1.82) is 0 Å². The molecule has 0 radical (unpaired) electrons. The van der Waals surface area contributed by atoms with E-state index in [-0.39, 0.29) is 58.0 Å². The lowest BCUT2D eigenvalue weighted by atomic mass is 9.94. The van der Waals surface area contributed by atoms with Crippen LogP contribution in [0.5, 0.6) is 0 Å². The highest BCUT2D eigenvalue weighted by molar-refractivity contribution is 6.32. The maximum Gasteiger partial charge on any atom is 0.358 e. The fraction of sp³-hybridized carbons (Fsp3) is 0.214. The van der Waals surface area contributed by atoms with Crippen LogP contribution in [-0.2, 0) is 11.8 Å². The zero-order chi connectivity index (χ0) is 42.5. The predicted octanol–water partition coefficient (Wildman–Crippen LogP) is 6.61. The van der Waals surface area contributed by atoms with Gasteiger partial charge in [0.25, 0.3) is 5.91 Å². The first-order chi connectivity index (χ1) is 28.7. The minimum Gasteiger partial charge on any atom is -0.461 e. The summed E-state index contributed by atoms with van der Waals surface area (Å²) in [5.41, 5.74) is 17.9. The van der Waals surface area contributed by atoms with Crippen molar-refractivity contribution in [3.63, 3.8) is 0 Å². The lowest BCUT2D eigenvalue weighted by molar-refractivity contribution is -0.00219. The van der Waals surface area contributed by atoms with Gasteiger partial charge in [-0.1, -0.05) is 17.7 Å². The number of ether oxygens (including phenoxy) is 1. The molecule has 5 aromatic heterocycles. The predicted molar refractivity (Wildman–Crippen MR) is 222 cm³/mol. The van der Waals surface area contributed by atoms with Crippen LogP contribution >= 0.6 is 11.6 Å². The number of amides is 1. The Morgan fingerprint density at radius 2 is 1.37 bits per heavy atom. The van der Waals surface area contributed by atoms with Crippen molar-refractivity contribution in [2.45, 2.75) is 32.3 Å². The van der Waals surface area contributed by atoms with Crippen LogP contribution in [0.15, 0.2) is 85.5 Å². The molecule has 0 bridgehead atoms. The number of aliphatic hydroxyl groups is 1. The van der Waals surface area contributed by atoms with E-state index in [0.717, 1.165) is 16.6 Å². The molecule has 15 nitrogen and oxygen atoms in total. The van der Waals surface area contributed by atoms with Crippen molar-refractivity contribution in [3.8, 4) is 33.8 Å². The number of hydrogen-bond acceptors (Lipinski definition) is 11. The maximum atomic E-state index is 13.7. The van der Waals surface area contributed by atoms with Gasteiger partial charge in [-0.15, -0.1) is 0 Å². The number of anilines is 2. The van der Waals surface area contributed by atoms with E-state index in [4.69, 9.17) is 27.8 Å². The number of likely N-dealkylation sites (tertiary alicyclic amines) is 1. The Morgan fingerprint density at radius 1 is 0.817 bits per heavy atom. The quantitative estimate of drug-likeness (QED) is 0.153. The number of rotatable bonds is 6. The average Bonchev–Trinajstić information content (AvgIpc) is 3.98. The molecule has 9 rings (SSSR count). The third-order valence-corrected chi connectivity index (χ3v) is 10.6. The van der Waals surface area contributed by atoms with E-state index >= 15 is 0 Å². The summed E-state index contributed by atoms with van der Waals surface area (Å²) in [6, 6.07) is 17.6. The Bertz CT molecular complexity index is 2940. The minimum absolute atomic E-state index is 0.0820. The second-order valence-electron chi connectivity index (χ2n) is 14.6. The van der Waals surface area contributed by atoms with Crippen molar-refractivity contribution in [2.75, 3.05) is 31.2 Å². The molecule has 1 amide bonds. The standard InChI is InChI=1S/C27H26FN7O2.C15H12ClFN4O2/c1-27(37)9-11-34(12-10-27)26(36)20-14-35-23(17-5-8-19-21(13-17)33(2)15-30-19)22(32-24(29)25(35)31-20)16-3-6-18(28)7-4-16;1-2-23-15(22)10-7-21-12(16)11(20-13(18)14(21)19-10)8-3-5-9(17)6-4-8/h3-8,13-15,37H,9-12H2,1-2H3,(H2,29,32);3-7H,2H2,1H3,(H2,18,20). The van der Waals surface area contributed by atoms with Crippen molar-refractivity contribution < 1.29 is 28.2 Å². The van der Waals surface area contributed by atoms with Gasteiger partial charge in [-0.05, 0) is 87.4 Å². The zero-order valence-corrected chi connectivity index (χ0v) is 33.4. The van der Waals surface area contributed by atoms with Gasteiger partial charge in [0.2, 0.25) is 0 Å². The van der Waals surface area contributed by atoms with Gasteiger partial charge < -0.3 is 30.8 Å². The number of halogens is 3. The number of fused-ring (bicyclic) bond motifs is 3. The number of aromatic nitrogens is 8. The summed E-state index contributed by atoms with van der Waals surface area (Å²) >= 11 is 6.34. The summed E-state index contributed by atoms with van der Waals surface area (Å²) in [4.78, 5) is 48.8. The van der Waals surface area contributed by atoms with Gasteiger partial charge in [0.05, 0.1) is 41.0 Å². The first kappa shape index (κ1) is 39.8. The van der Waals surface area contributed by atoms with E-state index in [1.54, 1.807) is 47.8 Å². The number of nitrogens with two attached hydrogens (primary N) is 2. The van der Waals surface area contributed by atoms with Crippen molar-refractivity contribution in [1.82, 2.24) is 43.2 Å². The van der Waals surface area contributed by atoms with Crippen molar-refractivity contribution in [3.05, 3.63) is 114 Å². The third-order valence-electron chi connectivity index (χ3n) is 10.3. The number of hydrogen-bond donors (Lipinski definition) is 3. The van der Waals surface area contributed by atoms with Crippen LogP contribution in [0.25, 0.3) is 56.1 Å². The number of carbonyl (C=O) groups is 2. The van der Waals surface area contributed by atoms with Crippen LogP contribution in [0.4, 0.5) is 20.4 Å². The van der Waals surface area contributed by atoms with Gasteiger partial charge in [0.1, 0.15) is 28.2 Å². The highest BCUT2D eigenvalue weighted by Crippen LogP contribution is 2.36. The largest absolute Gasteiger partial charge is 0.461 e. The third kappa shape index (κ3) is 7.55. The molecule has 8 aromatic rings. The topological polar surface area (TPSA) is 197 Å². The zero-order valence-electron chi connectivity index (χ0n) is 32.6. The smallest absolute Gasteiger partial charge is 0.358 e. The summed E-state index contributed by atoms with van der Waals surface area (Å²) in [7, 11) is 1.92. The highest BCUT2D eigenvalue weighted by Gasteiger charge is 2.31. The first-order valence-electron chi connectivity index (χ1n) is 18.9. The molecule has 1 fully saturated rings. The molecule has 0 unspecified atom stereocenters. The normalized spacial score (nSPS) is 13.8. The van der Waals surface area contributed by atoms with Crippen LogP contribution in [-0.4, -0.2) is 85.5 Å². The molecule has 0 spiro atoms. The summed E-state index contributed by atoms with van der Waals surface area (Å²) in [6.45, 7) is 4.60. The molecule has 1 aliphatic rings. The van der Waals surface area contributed by atoms with Gasteiger partial charge in [0.15, 0.2) is 28.6 Å². The van der Waals surface area contributed by atoms with E-state index < -0.39 is 11.6 Å². The molecule has 18 heteroatoms. The van der Waals surface area contributed by atoms with Crippen molar-refractivity contribution >= 4 is 57.4 Å². The molecule has 60 heavy (non-hydrogen) atoms. The summed E-state index contributed by atoms with van der Waals surface area (Å²) < 4.78 is 36.9. The summed E-state index contributed by atoms with van der Waals surface area (Å²) in [5, 5.41) is 10.5. The van der Waals surface area contributed by atoms with Gasteiger partial charge in [-0.25, -0.2) is 38.5 Å². The first-order valence-corrected chi connectivity index (χ1v) is 19.2. The van der Waals surface area contributed by atoms with Gasteiger partial charge >= 0.3 is 5.97 Å². The Balaban J connectivity index is 0.000000186. The van der Waals surface area contributed by atoms with Crippen LogP contribution < -0.4 is 11.5 Å². The molecule has 1 saturated heterocycles. The molecule has 1 aliphatic heterocycles. The molecule has 5 N–H and O–H groups in total. The lowest BCUT2D eigenvalue weighted by Gasteiger charge is -2.35. The second-order valence-corrected chi connectivity index (χ2v) is 14.9. The Morgan fingerprint density at radius 3 is 2.00 bits per heavy atom. The number of nitrogens with zero attached hydrogens (tertiary/aromatic N) is 9. The molecule has 3 aromatic carbocycles. The van der Waals surface area contributed by atoms with Crippen LogP contribution in [0.3, 0.4) is 0 Å². The molecule has 0 aliphatic carbocycles. The Kier molecular flexibility index (Phi) is 10.4. The number of aryl methyl sites for hydroxylation is 1. The molecule has 306 valence electrons. The Labute approximate surface area is 345 Å². The molecule has 6 heterocycles. The number of imidazole rings is 3. The fourth-order valence-electron chi connectivity index (χ4n) is 7.02. The monoisotopic (exact) mass is 833 g/mol. The summed E-state index contributed by atoms with van der Waals surface area (Å²) in [5.74, 6) is -1.27. The highest BCUT2D eigenvalue weighted by atomic mass is 35.5. The number of piperidine rings is 1. The lowest BCUT2D eigenvalue weighted by Crippen LogP contribution is -2.45. The summed E-state index contributed by atoms with van der Waals surface area (Å²) in [6.07, 6.45) is 5.86. The van der Waals surface area contributed by atoms with E-state index in [1.807, 2.05) is 29.8 Å². The van der Waals surface area contributed by atoms with E-state index in [9.17, 15) is 23.5 Å². The SMILES string of the molecule is CCOC(=O)c1cn2c(Cl)c(-c3ccc(F)cc3)nc(N)c2n1.Cn1cnc2ccc(-c3c(-c4ccc(F)cc4)nc(N)c4nc(C(=O)N5CCC(C)(O)CC5)cn34)cc21. The van der Waals surface area contributed by atoms with Gasteiger partial charge in [0, 0.05) is 49.2 Å². The molecular weight excluding hydrogens is 796 g/mol. The van der Waals surface area contributed by atoms with E-state index in [2.05, 4.69) is 24.9 Å². The van der Waals surface area contributed by atoms with Crippen LogP contribution in [0.1, 0.15) is 47.7 Å². The maximum absolute atomic E-state index is 13.7. The number of benzene rings is 3. The van der Waals surface area contributed by atoms with E-state index in [1.165, 1.54) is 47.0 Å². The number of esters is 1. The molecule has 0 saturated carbocycles. The number of carbonyl (C=O) groups excluding carboxylic acids is 2. The van der Waals surface area contributed by atoms with Gasteiger partial charge in [-0.3, -0.25) is 13.6 Å². The Hall–Kier alpha value is -6.98.